The Kier molecular flexibility index (Phi) is 3.61. The minimum absolute atomic E-state index is 0.00666. The summed E-state index contributed by atoms with van der Waals surface area (Å²) in [4.78, 5) is 0. The molecule has 4 rings (SSSR count). The third-order valence-corrected chi connectivity index (χ3v) is 10.3. The van der Waals surface area contributed by atoms with Crippen LogP contribution in [0.2, 0.25) is 0 Å². The summed E-state index contributed by atoms with van der Waals surface area (Å²) in [6, 6.07) is 0. The van der Waals surface area contributed by atoms with Gasteiger partial charge in [-0.15, -0.1) is 0 Å². The average molecular weight is 335 g/mol. The van der Waals surface area contributed by atoms with E-state index < -0.39 is 0 Å². The number of rotatable bonds is 0. The lowest BCUT2D eigenvalue weighted by molar-refractivity contribution is -0.238. The molecule has 0 spiro atoms. The maximum absolute atomic E-state index is 11.0. The van der Waals surface area contributed by atoms with Crippen molar-refractivity contribution in [3.8, 4) is 0 Å². The normalized spacial score (nSPS) is 59.4. The maximum Gasteiger partial charge on any atom is 0.0594 e. The summed E-state index contributed by atoms with van der Waals surface area (Å²) in [5.74, 6) is 1.70. The Balaban J connectivity index is 1.78. The second kappa shape index (κ2) is 5.00. The zero-order valence-electron chi connectivity index (χ0n) is 16.4. The third-order valence-electron chi connectivity index (χ3n) is 10.3. The summed E-state index contributed by atoms with van der Waals surface area (Å²) < 4.78 is 0. The number of fused-ring (bicyclic) bond motifs is 5. The van der Waals surface area contributed by atoms with Gasteiger partial charge in [0.2, 0.25) is 0 Å². The van der Waals surface area contributed by atoms with E-state index in [1.165, 1.54) is 32.1 Å². The molecule has 0 saturated heterocycles. The van der Waals surface area contributed by atoms with Crippen LogP contribution in [0.3, 0.4) is 0 Å². The van der Waals surface area contributed by atoms with E-state index in [0.29, 0.717) is 28.6 Å². The Morgan fingerprint density at radius 2 is 1.46 bits per heavy atom. The quantitative estimate of drug-likeness (QED) is 0.669. The molecule has 8 atom stereocenters. The third kappa shape index (κ3) is 1.85. The van der Waals surface area contributed by atoms with Crippen molar-refractivity contribution in [3.05, 3.63) is 0 Å². The van der Waals surface area contributed by atoms with Crippen molar-refractivity contribution in [1.82, 2.24) is 0 Å². The van der Waals surface area contributed by atoms with Gasteiger partial charge < -0.3 is 10.2 Å². The van der Waals surface area contributed by atoms with Crippen LogP contribution in [0.25, 0.3) is 0 Å². The molecule has 0 heterocycles. The minimum Gasteiger partial charge on any atom is -0.393 e. The summed E-state index contributed by atoms with van der Waals surface area (Å²) in [7, 11) is 0. The van der Waals surface area contributed by atoms with Gasteiger partial charge in [0.25, 0.3) is 0 Å². The molecule has 0 amide bonds. The van der Waals surface area contributed by atoms with Crippen LogP contribution in [0.5, 0.6) is 0 Å². The van der Waals surface area contributed by atoms with E-state index in [1.807, 2.05) is 0 Å². The van der Waals surface area contributed by atoms with Gasteiger partial charge in [-0.1, -0.05) is 41.0 Å². The average Bonchev–Trinajstić information content (AvgIpc) is 2.91. The number of hydrogen-bond donors (Lipinski definition) is 2. The topological polar surface area (TPSA) is 40.5 Å². The van der Waals surface area contributed by atoms with Gasteiger partial charge in [-0.25, -0.2) is 0 Å². The van der Waals surface area contributed by atoms with E-state index in [0.717, 1.165) is 19.3 Å². The Labute approximate surface area is 148 Å². The molecule has 2 N–H and O–H groups in total. The first-order valence-electron chi connectivity index (χ1n) is 10.4. The first-order valence-corrected chi connectivity index (χ1v) is 10.4. The van der Waals surface area contributed by atoms with Crippen molar-refractivity contribution in [1.29, 1.82) is 0 Å². The molecule has 138 valence electrons. The number of hydrogen-bond acceptors (Lipinski definition) is 2. The van der Waals surface area contributed by atoms with Gasteiger partial charge in [0, 0.05) is 0 Å². The summed E-state index contributed by atoms with van der Waals surface area (Å²) >= 11 is 0. The SMILES string of the molecule is CC1(C)[C@@H](O)CC[C@]2(C)[C@H]3C[C@@H](O)[C@@H]4CCC[C@@]4(C)[C@]3(C)CC[C@@H]12. The highest BCUT2D eigenvalue weighted by Gasteiger charge is 2.68. The van der Waals surface area contributed by atoms with Gasteiger partial charge in [-0.3, -0.25) is 0 Å². The molecule has 0 aliphatic heterocycles. The first kappa shape index (κ1) is 17.3. The molecule has 2 heteroatoms. The summed E-state index contributed by atoms with van der Waals surface area (Å²) in [6.45, 7) is 12.2. The van der Waals surface area contributed by atoms with E-state index in [9.17, 15) is 10.2 Å². The molecule has 0 bridgehead atoms. The fraction of sp³-hybridized carbons (Fsp3) is 1.00. The van der Waals surface area contributed by atoms with Crippen LogP contribution in [0, 0.1) is 39.4 Å². The Morgan fingerprint density at radius 1 is 0.750 bits per heavy atom. The summed E-state index contributed by atoms with van der Waals surface area (Å²) in [5.41, 5.74) is 0.945. The van der Waals surface area contributed by atoms with Crippen LogP contribution in [0.1, 0.15) is 86.0 Å². The smallest absolute Gasteiger partial charge is 0.0594 e. The molecule has 0 radical (unpaired) electrons. The fourth-order valence-electron chi connectivity index (χ4n) is 8.68. The Bertz CT molecular complexity index is 528. The van der Waals surface area contributed by atoms with Crippen molar-refractivity contribution in [2.45, 2.75) is 98.2 Å². The molecule has 4 saturated carbocycles. The second-order valence-corrected chi connectivity index (χ2v) is 11.2. The largest absolute Gasteiger partial charge is 0.393 e. The molecule has 24 heavy (non-hydrogen) atoms. The highest BCUT2D eigenvalue weighted by atomic mass is 16.3. The van der Waals surface area contributed by atoms with E-state index in [2.05, 4.69) is 34.6 Å². The standard InChI is InChI=1S/C22H38O2/c1-19(2)16-8-12-22(5)17(20(16,3)11-9-18(19)24)13-15(23)14-7-6-10-21(14,22)4/h14-18,23-24H,6-13H2,1-5H3/t14-,15+,16-,17+,18-,20-,21+,22+/m0/s1. The van der Waals surface area contributed by atoms with Gasteiger partial charge >= 0.3 is 0 Å². The van der Waals surface area contributed by atoms with Crippen LogP contribution in [0.4, 0.5) is 0 Å². The molecule has 4 aliphatic carbocycles. The highest BCUT2D eigenvalue weighted by molar-refractivity contribution is 5.17. The molecule has 0 unspecified atom stereocenters. The summed E-state index contributed by atoms with van der Waals surface area (Å²) in [5, 5.41) is 21.7. The molecule has 0 aromatic heterocycles. The van der Waals surface area contributed by atoms with Crippen molar-refractivity contribution < 1.29 is 10.2 Å². The first-order chi connectivity index (χ1) is 11.1. The molecular weight excluding hydrogens is 296 g/mol. The number of aliphatic hydroxyl groups excluding tert-OH is 2. The van der Waals surface area contributed by atoms with Gasteiger partial charge in [0.1, 0.15) is 0 Å². The van der Waals surface area contributed by atoms with Crippen LogP contribution in [-0.4, -0.2) is 22.4 Å². The van der Waals surface area contributed by atoms with Crippen molar-refractivity contribution in [2.75, 3.05) is 0 Å². The lowest BCUT2D eigenvalue weighted by Crippen LogP contribution is -2.65. The van der Waals surface area contributed by atoms with Crippen molar-refractivity contribution >= 4 is 0 Å². The van der Waals surface area contributed by atoms with Crippen molar-refractivity contribution in [3.63, 3.8) is 0 Å². The lowest BCUT2D eigenvalue weighted by Gasteiger charge is -2.70. The zero-order chi connectivity index (χ0) is 17.5. The second-order valence-electron chi connectivity index (χ2n) is 11.2. The summed E-state index contributed by atoms with van der Waals surface area (Å²) in [6.07, 6.45) is 9.16. The van der Waals surface area contributed by atoms with E-state index in [-0.39, 0.29) is 23.0 Å². The Morgan fingerprint density at radius 3 is 2.17 bits per heavy atom. The lowest BCUT2D eigenvalue weighted by atomic mass is 9.35. The van der Waals surface area contributed by atoms with E-state index >= 15 is 0 Å². The van der Waals surface area contributed by atoms with E-state index in [4.69, 9.17) is 0 Å². The highest BCUT2D eigenvalue weighted by Crippen LogP contribution is 2.74. The number of aliphatic hydroxyl groups is 2. The van der Waals surface area contributed by atoms with Crippen LogP contribution in [-0.2, 0) is 0 Å². The van der Waals surface area contributed by atoms with E-state index in [1.54, 1.807) is 0 Å². The molecular formula is C22H38O2. The van der Waals surface area contributed by atoms with Gasteiger partial charge in [0.05, 0.1) is 12.2 Å². The van der Waals surface area contributed by atoms with Crippen molar-refractivity contribution in [2.24, 2.45) is 39.4 Å². The van der Waals surface area contributed by atoms with Gasteiger partial charge in [0.15, 0.2) is 0 Å². The predicted molar refractivity (Wildman–Crippen MR) is 97.5 cm³/mol. The molecule has 0 aromatic rings. The van der Waals surface area contributed by atoms with Gasteiger partial charge in [-0.2, -0.15) is 0 Å². The monoisotopic (exact) mass is 334 g/mol. The predicted octanol–water partition coefficient (Wildman–Crippen LogP) is 4.78. The maximum atomic E-state index is 11.0. The molecule has 4 aliphatic rings. The minimum atomic E-state index is -0.164. The van der Waals surface area contributed by atoms with Gasteiger partial charge in [-0.05, 0) is 84.4 Å². The molecule has 2 nitrogen and oxygen atoms in total. The molecule has 0 aromatic carbocycles. The Hall–Kier alpha value is -0.0800. The van der Waals surface area contributed by atoms with Crippen LogP contribution >= 0.6 is 0 Å². The molecule has 4 fully saturated rings. The fourth-order valence-corrected chi connectivity index (χ4v) is 8.68. The van der Waals surface area contributed by atoms with Crippen LogP contribution in [0.15, 0.2) is 0 Å². The van der Waals surface area contributed by atoms with Crippen LogP contribution < -0.4 is 0 Å². The zero-order valence-corrected chi connectivity index (χ0v) is 16.4.